The molecule has 7 heteroatoms. The Labute approximate surface area is 147 Å². The highest BCUT2D eigenvalue weighted by molar-refractivity contribution is 5.37. The van der Waals surface area contributed by atoms with Crippen LogP contribution in [0.4, 0.5) is 5.69 Å². The first-order valence-corrected chi connectivity index (χ1v) is 8.42. The average Bonchev–Trinajstić information content (AvgIpc) is 2.64. The molecule has 0 unspecified atom stereocenters. The van der Waals surface area contributed by atoms with Crippen LogP contribution in [0.25, 0.3) is 0 Å². The van der Waals surface area contributed by atoms with E-state index in [0.29, 0.717) is 12.4 Å². The molecule has 3 rings (SSSR count). The van der Waals surface area contributed by atoms with Crippen LogP contribution in [0.2, 0.25) is 0 Å². The highest BCUT2D eigenvalue weighted by atomic mass is 16.6. The van der Waals surface area contributed by atoms with Crippen molar-refractivity contribution in [3.05, 3.63) is 64.5 Å². The number of rotatable bonds is 7. The van der Waals surface area contributed by atoms with Crippen molar-refractivity contribution in [3.8, 4) is 5.75 Å². The molecule has 132 valence electrons. The van der Waals surface area contributed by atoms with Crippen LogP contribution in [0.1, 0.15) is 5.69 Å². The molecule has 7 nitrogen and oxygen atoms in total. The normalized spacial score (nSPS) is 15.8. The van der Waals surface area contributed by atoms with Gasteiger partial charge in [-0.05, 0) is 18.2 Å². The summed E-state index contributed by atoms with van der Waals surface area (Å²) in [5.41, 5.74) is 1.16. The maximum atomic E-state index is 10.8. The van der Waals surface area contributed by atoms with Gasteiger partial charge in [-0.15, -0.1) is 0 Å². The summed E-state index contributed by atoms with van der Waals surface area (Å²) in [4.78, 5) is 19.5. The van der Waals surface area contributed by atoms with E-state index >= 15 is 0 Å². The topological polar surface area (TPSA) is 71.7 Å². The standard InChI is InChI=1S/C18H22N4O3/c23-22(24)17-5-3-6-18(14-17)25-13-12-20-8-10-21(11-9-20)15-16-4-1-2-7-19-16/h1-7,14H,8-13,15H2. The number of pyridine rings is 1. The SMILES string of the molecule is O=[N+]([O-])c1cccc(OCCN2CCN(Cc3ccccn3)CC2)c1. The number of ether oxygens (including phenoxy) is 1. The van der Waals surface area contributed by atoms with Crippen LogP contribution in [0.15, 0.2) is 48.7 Å². The molecule has 0 aliphatic carbocycles. The van der Waals surface area contributed by atoms with Crippen LogP contribution >= 0.6 is 0 Å². The van der Waals surface area contributed by atoms with E-state index in [1.54, 1.807) is 12.1 Å². The van der Waals surface area contributed by atoms with Crippen LogP contribution in [-0.2, 0) is 6.54 Å². The molecule has 1 fully saturated rings. The van der Waals surface area contributed by atoms with E-state index in [4.69, 9.17) is 4.74 Å². The van der Waals surface area contributed by atoms with Gasteiger partial charge in [-0.3, -0.25) is 24.9 Å². The van der Waals surface area contributed by atoms with E-state index in [9.17, 15) is 10.1 Å². The average molecular weight is 342 g/mol. The lowest BCUT2D eigenvalue weighted by molar-refractivity contribution is -0.384. The molecule has 2 heterocycles. The predicted octanol–water partition coefficient (Wildman–Crippen LogP) is 2.19. The molecule has 2 aromatic rings. The Kier molecular flexibility index (Phi) is 5.92. The third-order valence-electron chi connectivity index (χ3n) is 4.28. The molecule has 0 spiro atoms. The Morgan fingerprint density at radius 2 is 1.88 bits per heavy atom. The molecule has 1 saturated heterocycles. The smallest absolute Gasteiger partial charge is 0.273 e. The number of nitrogens with zero attached hydrogens (tertiary/aromatic N) is 4. The molecule has 1 aliphatic rings. The molecule has 1 aliphatic heterocycles. The third kappa shape index (κ3) is 5.23. The van der Waals surface area contributed by atoms with Crippen LogP contribution < -0.4 is 4.74 Å². The summed E-state index contributed by atoms with van der Waals surface area (Å²) in [6, 6.07) is 12.3. The summed E-state index contributed by atoms with van der Waals surface area (Å²) in [7, 11) is 0. The Balaban J connectivity index is 1.38. The van der Waals surface area contributed by atoms with E-state index in [1.807, 2.05) is 18.3 Å². The van der Waals surface area contributed by atoms with Gasteiger partial charge in [0.05, 0.1) is 16.7 Å². The maximum absolute atomic E-state index is 10.8. The molecule has 25 heavy (non-hydrogen) atoms. The monoisotopic (exact) mass is 342 g/mol. The van der Waals surface area contributed by atoms with Gasteiger partial charge in [0.25, 0.3) is 5.69 Å². The minimum Gasteiger partial charge on any atom is -0.492 e. The molecular formula is C18H22N4O3. The number of hydrogen-bond donors (Lipinski definition) is 0. The summed E-state index contributed by atoms with van der Waals surface area (Å²) in [6.45, 7) is 6.23. The van der Waals surface area contributed by atoms with Crippen molar-refractivity contribution in [1.82, 2.24) is 14.8 Å². The van der Waals surface area contributed by atoms with E-state index in [2.05, 4.69) is 20.9 Å². The zero-order chi connectivity index (χ0) is 17.5. The largest absolute Gasteiger partial charge is 0.492 e. The van der Waals surface area contributed by atoms with Crippen LogP contribution in [0, 0.1) is 10.1 Å². The second kappa shape index (κ2) is 8.55. The third-order valence-corrected chi connectivity index (χ3v) is 4.28. The minimum absolute atomic E-state index is 0.0561. The predicted molar refractivity (Wildman–Crippen MR) is 94.5 cm³/mol. The fraction of sp³-hybridized carbons (Fsp3) is 0.389. The lowest BCUT2D eigenvalue weighted by Crippen LogP contribution is -2.47. The summed E-state index contributed by atoms with van der Waals surface area (Å²) in [5, 5.41) is 10.8. The number of aromatic nitrogens is 1. The number of hydrogen-bond acceptors (Lipinski definition) is 6. The van der Waals surface area contributed by atoms with Crippen molar-refractivity contribution in [2.75, 3.05) is 39.3 Å². The number of piperazine rings is 1. The first-order chi connectivity index (χ1) is 12.2. The van der Waals surface area contributed by atoms with Crippen LogP contribution in [0.3, 0.4) is 0 Å². The second-order valence-corrected chi connectivity index (χ2v) is 6.04. The summed E-state index contributed by atoms with van der Waals surface area (Å²) >= 11 is 0. The lowest BCUT2D eigenvalue weighted by atomic mass is 10.2. The van der Waals surface area contributed by atoms with Gasteiger partial charge >= 0.3 is 0 Å². The van der Waals surface area contributed by atoms with E-state index in [-0.39, 0.29) is 5.69 Å². The van der Waals surface area contributed by atoms with Crippen LogP contribution in [0.5, 0.6) is 5.75 Å². The molecule has 0 atom stereocenters. The Morgan fingerprint density at radius 1 is 1.08 bits per heavy atom. The van der Waals surface area contributed by atoms with Crippen molar-refractivity contribution in [2.24, 2.45) is 0 Å². The van der Waals surface area contributed by atoms with E-state index in [1.165, 1.54) is 12.1 Å². The minimum atomic E-state index is -0.409. The maximum Gasteiger partial charge on any atom is 0.273 e. The first-order valence-electron chi connectivity index (χ1n) is 8.42. The van der Waals surface area contributed by atoms with Gasteiger partial charge in [0.2, 0.25) is 0 Å². The zero-order valence-electron chi connectivity index (χ0n) is 14.1. The first kappa shape index (κ1) is 17.3. The number of benzene rings is 1. The van der Waals surface area contributed by atoms with Crippen LogP contribution in [-0.4, -0.2) is 59.0 Å². The molecule has 0 saturated carbocycles. The van der Waals surface area contributed by atoms with Gasteiger partial charge in [0, 0.05) is 51.5 Å². The van der Waals surface area contributed by atoms with E-state index in [0.717, 1.165) is 45.0 Å². The molecule has 1 aromatic heterocycles. The number of nitro benzene ring substituents is 1. The molecule has 0 radical (unpaired) electrons. The molecule has 0 N–H and O–H groups in total. The van der Waals surface area contributed by atoms with Crippen molar-refractivity contribution in [3.63, 3.8) is 0 Å². The highest BCUT2D eigenvalue weighted by Crippen LogP contribution is 2.19. The second-order valence-electron chi connectivity index (χ2n) is 6.04. The van der Waals surface area contributed by atoms with Crippen molar-refractivity contribution >= 4 is 5.69 Å². The fourth-order valence-electron chi connectivity index (χ4n) is 2.87. The van der Waals surface area contributed by atoms with Gasteiger partial charge in [0.15, 0.2) is 0 Å². The summed E-state index contributed by atoms with van der Waals surface area (Å²) in [6.07, 6.45) is 1.83. The molecular weight excluding hydrogens is 320 g/mol. The van der Waals surface area contributed by atoms with Gasteiger partial charge in [0.1, 0.15) is 12.4 Å². The molecule has 0 amide bonds. The summed E-state index contributed by atoms with van der Waals surface area (Å²) < 4.78 is 5.65. The number of nitro groups is 1. The summed E-state index contributed by atoms with van der Waals surface area (Å²) in [5.74, 6) is 0.544. The van der Waals surface area contributed by atoms with E-state index < -0.39 is 4.92 Å². The fourth-order valence-corrected chi connectivity index (χ4v) is 2.87. The van der Waals surface area contributed by atoms with Crippen molar-refractivity contribution in [2.45, 2.75) is 6.54 Å². The van der Waals surface area contributed by atoms with Gasteiger partial charge < -0.3 is 4.74 Å². The zero-order valence-corrected chi connectivity index (χ0v) is 14.1. The molecule has 1 aromatic carbocycles. The Bertz CT molecular complexity index is 688. The van der Waals surface area contributed by atoms with Crippen molar-refractivity contribution in [1.29, 1.82) is 0 Å². The van der Waals surface area contributed by atoms with Gasteiger partial charge in [-0.1, -0.05) is 12.1 Å². The Hall–Kier alpha value is -2.51. The van der Waals surface area contributed by atoms with Crippen molar-refractivity contribution < 1.29 is 9.66 Å². The Morgan fingerprint density at radius 3 is 2.60 bits per heavy atom. The highest BCUT2D eigenvalue weighted by Gasteiger charge is 2.17. The van der Waals surface area contributed by atoms with Gasteiger partial charge in [-0.2, -0.15) is 0 Å². The number of non-ortho nitro benzene ring substituents is 1. The van der Waals surface area contributed by atoms with Gasteiger partial charge in [-0.25, -0.2) is 0 Å². The lowest BCUT2D eigenvalue weighted by Gasteiger charge is -2.34. The quantitative estimate of drug-likeness (QED) is 0.567. The molecule has 0 bridgehead atoms.